The number of methoxy groups -OCH3 is 1. The fraction of sp³-hybridized carbons (Fsp3) is 0.500. The van der Waals surface area contributed by atoms with Gasteiger partial charge >= 0.3 is 0 Å². The standard InChI is InChI=1S/C24H30N4O3/c1-15-20(13-22(29)27-19-8-9-19)16(2)26-24(25-15)18-10-11-28(14-18)23(30)12-17-6-4-5-7-21(17)31-3/h4-7,18-19H,8-14H2,1-3H3,(H,27,29). The minimum absolute atomic E-state index is 0.0408. The summed E-state index contributed by atoms with van der Waals surface area (Å²) in [7, 11) is 1.62. The summed E-state index contributed by atoms with van der Waals surface area (Å²) >= 11 is 0. The number of para-hydroxylation sites is 1. The van der Waals surface area contributed by atoms with Gasteiger partial charge in [0.2, 0.25) is 11.8 Å². The van der Waals surface area contributed by atoms with E-state index in [0.29, 0.717) is 32.0 Å². The molecule has 1 aliphatic carbocycles. The van der Waals surface area contributed by atoms with Crippen molar-refractivity contribution in [3.63, 3.8) is 0 Å². The fourth-order valence-electron chi connectivity index (χ4n) is 4.19. The highest BCUT2D eigenvalue weighted by Crippen LogP contribution is 2.28. The van der Waals surface area contributed by atoms with Crippen molar-refractivity contribution < 1.29 is 14.3 Å². The van der Waals surface area contributed by atoms with E-state index in [-0.39, 0.29) is 17.7 Å². The van der Waals surface area contributed by atoms with Crippen molar-refractivity contribution in [3.05, 3.63) is 52.6 Å². The summed E-state index contributed by atoms with van der Waals surface area (Å²) in [6.45, 7) is 5.20. The largest absolute Gasteiger partial charge is 0.496 e. The van der Waals surface area contributed by atoms with E-state index in [0.717, 1.165) is 53.4 Å². The smallest absolute Gasteiger partial charge is 0.227 e. The molecule has 1 unspecified atom stereocenters. The maximum absolute atomic E-state index is 12.8. The van der Waals surface area contributed by atoms with E-state index in [1.165, 1.54) is 0 Å². The summed E-state index contributed by atoms with van der Waals surface area (Å²) in [5, 5.41) is 3.03. The van der Waals surface area contributed by atoms with Crippen LogP contribution in [-0.4, -0.2) is 52.9 Å². The normalized spacial score (nSPS) is 18.2. The van der Waals surface area contributed by atoms with Gasteiger partial charge in [0.1, 0.15) is 11.6 Å². The maximum Gasteiger partial charge on any atom is 0.227 e. The van der Waals surface area contributed by atoms with Crippen LogP contribution in [0.2, 0.25) is 0 Å². The number of hydrogen-bond donors (Lipinski definition) is 1. The van der Waals surface area contributed by atoms with Gasteiger partial charge in [-0.25, -0.2) is 9.97 Å². The van der Waals surface area contributed by atoms with E-state index < -0.39 is 0 Å². The maximum atomic E-state index is 12.8. The Morgan fingerprint density at radius 2 is 1.81 bits per heavy atom. The van der Waals surface area contributed by atoms with Gasteiger partial charge in [0.15, 0.2) is 0 Å². The minimum Gasteiger partial charge on any atom is -0.496 e. The third kappa shape index (κ3) is 5.03. The lowest BCUT2D eigenvalue weighted by molar-refractivity contribution is -0.129. The Morgan fingerprint density at radius 1 is 1.10 bits per heavy atom. The third-order valence-electron chi connectivity index (χ3n) is 6.16. The average Bonchev–Trinajstić information content (AvgIpc) is 3.41. The number of nitrogens with zero attached hydrogens (tertiary/aromatic N) is 3. The Labute approximate surface area is 183 Å². The number of rotatable bonds is 7. The third-order valence-corrected chi connectivity index (χ3v) is 6.16. The molecule has 164 valence electrons. The molecule has 2 amide bonds. The highest BCUT2D eigenvalue weighted by atomic mass is 16.5. The number of carbonyl (C=O) groups is 2. The molecule has 31 heavy (non-hydrogen) atoms. The molecule has 2 heterocycles. The second-order valence-corrected chi connectivity index (χ2v) is 8.56. The van der Waals surface area contributed by atoms with Gasteiger partial charge in [0.05, 0.1) is 20.0 Å². The first-order chi connectivity index (χ1) is 14.9. The van der Waals surface area contributed by atoms with Crippen LogP contribution < -0.4 is 10.1 Å². The van der Waals surface area contributed by atoms with Crippen molar-refractivity contribution in [2.75, 3.05) is 20.2 Å². The summed E-state index contributed by atoms with van der Waals surface area (Å²) in [6.07, 6.45) is 3.64. The summed E-state index contributed by atoms with van der Waals surface area (Å²) in [5.74, 6) is 1.76. The van der Waals surface area contributed by atoms with Crippen molar-refractivity contribution >= 4 is 11.8 Å². The molecule has 2 aliphatic rings. The van der Waals surface area contributed by atoms with Gasteiger partial charge in [-0.1, -0.05) is 18.2 Å². The monoisotopic (exact) mass is 422 g/mol. The van der Waals surface area contributed by atoms with E-state index in [4.69, 9.17) is 14.7 Å². The lowest BCUT2D eigenvalue weighted by atomic mass is 10.0. The lowest BCUT2D eigenvalue weighted by Crippen LogP contribution is -2.30. The summed E-state index contributed by atoms with van der Waals surface area (Å²) in [5.41, 5.74) is 3.51. The second kappa shape index (κ2) is 9.04. The lowest BCUT2D eigenvalue weighted by Gasteiger charge is -2.18. The molecule has 7 nitrogen and oxygen atoms in total. The number of nitrogens with one attached hydrogen (secondary N) is 1. The first-order valence-electron chi connectivity index (χ1n) is 11.0. The van der Waals surface area contributed by atoms with Gasteiger partial charge in [-0.2, -0.15) is 0 Å². The van der Waals surface area contributed by atoms with Crippen molar-refractivity contribution in [1.82, 2.24) is 20.2 Å². The van der Waals surface area contributed by atoms with Crippen LogP contribution in [-0.2, 0) is 22.4 Å². The Balaban J connectivity index is 1.40. The fourth-order valence-corrected chi connectivity index (χ4v) is 4.19. The van der Waals surface area contributed by atoms with Crippen LogP contribution in [0.5, 0.6) is 5.75 Å². The first-order valence-corrected chi connectivity index (χ1v) is 11.0. The first kappa shape index (κ1) is 21.3. The summed E-state index contributed by atoms with van der Waals surface area (Å²) in [6, 6.07) is 7.98. The molecule has 1 saturated heterocycles. The van der Waals surface area contributed by atoms with Crippen LogP contribution in [0.15, 0.2) is 24.3 Å². The predicted molar refractivity (Wildman–Crippen MR) is 117 cm³/mol. The van der Waals surface area contributed by atoms with E-state index in [1.54, 1.807) is 7.11 Å². The molecule has 1 atom stereocenters. The molecule has 0 spiro atoms. The van der Waals surface area contributed by atoms with Gasteiger partial charge in [0.25, 0.3) is 0 Å². The Hall–Kier alpha value is -2.96. The number of benzene rings is 1. The van der Waals surface area contributed by atoms with E-state index in [1.807, 2.05) is 43.0 Å². The molecular weight excluding hydrogens is 392 g/mol. The topological polar surface area (TPSA) is 84.4 Å². The predicted octanol–water partition coefficient (Wildman–Crippen LogP) is 2.48. The second-order valence-electron chi connectivity index (χ2n) is 8.56. The molecule has 1 aromatic carbocycles. The molecule has 0 bridgehead atoms. The number of ether oxygens (including phenoxy) is 1. The number of carbonyl (C=O) groups excluding carboxylic acids is 2. The molecule has 2 aromatic rings. The molecule has 4 rings (SSSR count). The number of likely N-dealkylation sites (tertiary alicyclic amines) is 1. The molecule has 1 saturated carbocycles. The number of aryl methyl sites for hydroxylation is 2. The van der Waals surface area contributed by atoms with E-state index >= 15 is 0 Å². The molecule has 1 aromatic heterocycles. The number of amides is 2. The molecular formula is C24H30N4O3. The zero-order valence-electron chi connectivity index (χ0n) is 18.5. The van der Waals surface area contributed by atoms with Crippen LogP contribution in [0, 0.1) is 13.8 Å². The van der Waals surface area contributed by atoms with Crippen LogP contribution in [0.1, 0.15) is 53.5 Å². The SMILES string of the molecule is COc1ccccc1CC(=O)N1CCC(c2nc(C)c(CC(=O)NC3CC3)c(C)n2)C1. The van der Waals surface area contributed by atoms with Gasteiger partial charge in [-0.05, 0) is 39.2 Å². The Kier molecular flexibility index (Phi) is 6.20. The number of aromatic nitrogens is 2. The van der Waals surface area contributed by atoms with Crippen molar-refractivity contribution in [2.24, 2.45) is 0 Å². The highest BCUT2D eigenvalue weighted by Gasteiger charge is 2.30. The summed E-state index contributed by atoms with van der Waals surface area (Å²) < 4.78 is 5.37. The van der Waals surface area contributed by atoms with E-state index in [2.05, 4.69) is 5.32 Å². The Bertz CT molecular complexity index is 964. The molecule has 1 aliphatic heterocycles. The van der Waals surface area contributed by atoms with Gasteiger partial charge in [-0.15, -0.1) is 0 Å². The summed E-state index contributed by atoms with van der Waals surface area (Å²) in [4.78, 5) is 36.4. The molecule has 1 N–H and O–H groups in total. The van der Waals surface area contributed by atoms with E-state index in [9.17, 15) is 9.59 Å². The zero-order chi connectivity index (χ0) is 22.0. The van der Waals surface area contributed by atoms with Crippen LogP contribution >= 0.6 is 0 Å². The van der Waals surface area contributed by atoms with Gasteiger partial charge in [0, 0.05) is 47.6 Å². The van der Waals surface area contributed by atoms with Crippen LogP contribution in [0.3, 0.4) is 0 Å². The Morgan fingerprint density at radius 3 is 2.48 bits per heavy atom. The zero-order valence-corrected chi connectivity index (χ0v) is 18.5. The van der Waals surface area contributed by atoms with Crippen molar-refractivity contribution in [2.45, 2.75) is 57.9 Å². The van der Waals surface area contributed by atoms with Gasteiger partial charge < -0.3 is 15.0 Å². The van der Waals surface area contributed by atoms with Gasteiger partial charge in [-0.3, -0.25) is 9.59 Å². The van der Waals surface area contributed by atoms with Crippen LogP contribution in [0.4, 0.5) is 0 Å². The van der Waals surface area contributed by atoms with Crippen LogP contribution in [0.25, 0.3) is 0 Å². The molecule has 2 fully saturated rings. The number of hydrogen-bond acceptors (Lipinski definition) is 5. The quantitative estimate of drug-likeness (QED) is 0.741. The highest BCUT2D eigenvalue weighted by molar-refractivity contribution is 5.80. The molecule has 7 heteroatoms. The average molecular weight is 423 g/mol. The van der Waals surface area contributed by atoms with Crippen molar-refractivity contribution in [3.8, 4) is 5.75 Å². The minimum atomic E-state index is 0.0408. The van der Waals surface area contributed by atoms with Crippen molar-refractivity contribution in [1.29, 1.82) is 0 Å². The molecule has 0 radical (unpaired) electrons.